The van der Waals surface area contributed by atoms with E-state index < -0.39 is 0 Å². The van der Waals surface area contributed by atoms with Crippen LogP contribution in [-0.2, 0) is 0 Å². The van der Waals surface area contributed by atoms with Gasteiger partial charge in [0.25, 0.3) is 0 Å². The molecule has 0 radical (unpaired) electrons. The highest BCUT2D eigenvalue weighted by molar-refractivity contribution is 8.00. The van der Waals surface area contributed by atoms with E-state index in [1.165, 1.54) is 38.9 Å². The highest BCUT2D eigenvalue weighted by Crippen LogP contribution is 2.24. The van der Waals surface area contributed by atoms with Crippen LogP contribution in [-0.4, -0.2) is 40.9 Å². The van der Waals surface area contributed by atoms with E-state index in [0.717, 1.165) is 16.4 Å². The van der Waals surface area contributed by atoms with Crippen LogP contribution in [0, 0.1) is 0 Å². The minimum atomic E-state index is 0.812. The number of halogens is 1. The second kappa shape index (κ2) is 6.97. The lowest BCUT2D eigenvalue weighted by Crippen LogP contribution is -2.40. The summed E-state index contributed by atoms with van der Waals surface area (Å²) in [5.41, 5.74) is 0. The lowest BCUT2D eigenvalue weighted by molar-refractivity contribution is 0.265. The molecular formula is C11H22ClNS. The largest absolute Gasteiger partial charge is 0.301 e. The van der Waals surface area contributed by atoms with Crippen molar-refractivity contribution in [2.45, 2.75) is 43.6 Å². The zero-order valence-corrected chi connectivity index (χ0v) is 10.9. The predicted molar refractivity (Wildman–Crippen MR) is 67.5 cm³/mol. The highest BCUT2D eigenvalue weighted by Gasteiger charge is 2.21. The summed E-state index contributed by atoms with van der Waals surface area (Å²) in [5, 5.41) is 1.62. The Kier molecular flexibility index (Phi) is 6.31. The third kappa shape index (κ3) is 4.90. The fourth-order valence-electron chi connectivity index (χ4n) is 2.07. The second-order valence-corrected chi connectivity index (χ2v) is 6.53. The van der Waals surface area contributed by atoms with E-state index in [1.54, 1.807) is 0 Å². The Bertz CT molecular complexity index is 144. The van der Waals surface area contributed by atoms with Gasteiger partial charge < -0.3 is 4.90 Å². The average Bonchev–Trinajstić information content (AvgIpc) is 2.11. The predicted octanol–water partition coefficient (Wildman–Crippen LogP) is 3.22. The van der Waals surface area contributed by atoms with Gasteiger partial charge in [-0.15, -0.1) is 11.6 Å². The fourth-order valence-corrected chi connectivity index (χ4v) is 3.65. The summed E-state index contributed by atoms with van der Waals surface area (Å²) in [4.78, 5) is 2.61. The molecule has 0 aromatic rings. The monoisotopic (exact) mass is 235 g/mol. The third-order valence-corrected chi connectivity index (χ3v) is 4.10. The van der Waals surface area contributed by atoms with Crippen molar-refractivity contribution in [3.05, 3.63) is 0 Å². The quantitative estimate of drug-likeness (QED) is 0.532. The van der Waals surface area contributed by atoms with Gasteiger partial charge in [-0.05, 0) is 19.4 Å². The molecule has 1 rings (SSSR count). The SMILES string of the molecule is CC1CN(CCCCCCl)CC(C)S1. The number of thioether (sulfide) groups is 1. The standard InChI is InChI=1S/C11H22ClNS/c1-10-8-13(9-11(2)14-10)7-5-3-4-6-12/h10-11H,3-9H2,1-2H3. The van der Waals surface area contributed by atoms with Crippen LogP contribution in [0.3, 0.4) is 0 Å². The Hall–Kier alpha value is 0.600. The molecule has 1 fully saturated rings. The molecule has 0 amide bonds. The maximum absolute atomic E-state index is 5.65. The van der Waals surface area contributed by atoms with Crippen LogP contribution in [0.4, 0.5) is 0 Å². The zero-order chi connectivity index (χ0) is 10.4. The number of unbranched alkanes of at least 4 members (excludes halogenated alkanes) is 2. The first-order valence-electron chi connectivity index (χ1n) is 5.66. The van der Waals surface area contributed by atoms with E-state index in [-0.39, 0.29) is 0 Å². The van der Waals surface area contributed by atoms with Crippen molar-refractivity contribution >= 4 is 23.4 Å². The molecule has 0 aromatic heterocycles. The minimum Gasteiger partial charge on any atom is -0.301 e. The van der Waals surface area contributed by atoms with Gasteiger partial charge in [0.2, 0.25) is 0 Å². The molecule has 0 bridgehead atoms. The maximum Gasteiger partial charge on any atom is 0.0223 e. The molecule has 0 N–H and O–H groups in total. The topological polar surface area (TPSA) is 3.24 Å². The molecule has 3 heteroatoms. The minimum absolute atomic E-state index is 0.812. The first-order chi connectivity index (χ1) is 6.72. The summed E-state index contributed by atoms with van der Waals surface area (Å²) >= 11 is 7.78. The van der Waals surface area contributed by atoms with Gasteiger partial charge in [-0.2, -0.15) is 11.8 Å². The molecule has 2 unspecified atom stereocenters. The van der Waals surface area contributed by atoms with E-state index in [9.17, 15) is 0 Å². The highest BCUT2D eigenvalue weighted by atomic mass is 35.5. The first-order valence-corrected chi connectivity index (χ1v) is 7.14. The summed E-state index contributed by atoms with van der Waals surface area (Å²) in [5.74, 6) is 0.822. The van der Waals surface area contributed by atoms with Gasteiger partial charge in [0, 0.05) is 29.5 Å². The molecule has 1 nitrogen and oxygen atoms in total. The molecule has 1 aliphatic rings. The van der Waals surface area contributed by atoms with Gasteiger partial charge in [-0.1, -0.05) is 20.3 Å². The van der Waals surface area contributed by atoms with Gasteiger partial charge in [0.05, 0.1) is 0 Å². The molecule has 1 heterocycles. The Labute approximate surface area is 97.6 Å². The molecule has 1 aliphatic heterocycles. The smallest absolute Gasteiger partial charge is 0.0223 e. The molecule has 0 spiro atoms. The lowest BCUT2D eigenvalue weighted by Gasteiger charge is -2.34. The number of hydrogen-bond donors (Lipinski definition) is 0. The van der Waals surface area contributed by atoms with Gasteiger partial charge in [-0.3, -0.25) is 0 Å². The summed E-state index contributed by atoms with van der Waals surface area (Å²) in [6.07, 6.45) is 3.78. The van der Waals surface area contributed by atoms with Crippen molar-refractivity contribution in [2.75, 3.05) is 25.5 Å². The van der Waals surface area contributed by atoms with Crippen LogP contribution >= 0.6 is 23.4 Å². The molecule has 14 heavy (non-hydrogen) atoms. The first kappa shape index (κ1) is 12.7. The zero-order valence-electron chi connectivity index (χ0n) is 9.34. The van der Waals surface area contributed by atoms with Crippen molar-refractivity contribution in [3.8, 4) is 0 Å². The Morgan fingerprint density at radius 2 is 1.79 bits per heavy atom. The molecule has 2 atom stereocenters. The van der Waals surface area contributed by atoms with Crippen LogP contribution in [0.5, 0.6) is 0 Å². The third-order valence-electron chi connectivity index (χ3n) is 2.60. The van der Waals surface area contributed by atoms with E-state index in [4.69, 9.17) is 11.6 Å². The number of hydrogen-bond acceptors (Lipinski definition) is 2. The Balaban J connectivity index is 2.10. The van der Waals surface area contributed by atoms with Gasteiger partial charge in [0.15, 0.2) is 0 Å². The van der Waals surface area contributed by atoms with E-state index in [1.807, 2.05) is 0 Å². The maximum atomic E-state index is 5.65. The van der Waals surface area contributed by atoms with Crippen molar-refractivity contribution in [1.82, 2.24) is 4.90 Å². The Morgan fingerprint density at radius 1 is 1.14 bits per heavy atom. The number of alkyl halides is 1. The van der Waals surface area contributed by atoms with Crippen LogP contribution < -0.4 is 0 Å². The van der Waals surface area contributed by atoms with E-state index in [0.29, 0.717) is 0 Å². The van der Waals surface area contributed by atoms with Gasteiger partial charge in [-0.25, -0.2) is 0 Å². The van der Waals surface area contributed by atoms with Gasteiger partial charge in [0.1, 0.15) is 0 Å². The lowest BCUT2D eigenvalue weighted by atomic mass is 10.2. The molecular weight excluding hydrogens is 214 g/mol. The van der Waals surface area contributed by atoms with Crippen molar-refractivity contribution in [3.63, 3.8) is 0 Å². The number of rotatable bonds is 5. The van der Waals surface area contributed by atoms with Crippen molar-refractivity contribution < 1.29 is 0 Å². The fraction of sp³-hybridized carbons (Fsp3) is 1.00. The average molecular weight is 236 g/mol. The summed E-state index contributed by atoms with van der Waals surface area (Å²) in [6, 6.07) is 0. The molecule has 0 aromatic carbocycles. The van der Waals surface area contributed by atoms with Crippen LogP contribution in [0.1, 0.15) is 33.1 Å². The van der Waals surface area contributed by atoms with E-state index in [2.05, 4.69) is 30.5 Å². The summed E-state index contributed by atoms with van der Waals surface area (Å²) < 4.78 is 0. The normalized spacial score (nSPS) is 29.4. The van der Waals surface area contributed by atoms with E-state index >= 15 is 0 Å². The van der Waals surface area contributed by atoms with Crippen molar-refractivity contribution in [2.24, 2.45) is 0 Å². The van der Waals surface area contributed by atoms with Crippen molar-refractivity contribution in [1.29, 1.82) is 0 Å². The molecule has 0 aliphatic carbocycles. The molecule has 0 saturated carbocycles. The molecule has 84 valence electrons. The second-order valence-electron chi connectivity index (χ2n) is 4.27. The molecule has 1 saturated heterocycles. The van der Waals surface area contributed by atoms with Gasteiger partial charge >= 0.3 is 0 Å². The number of nitrogens with zero attached hydrogens (tertiary/aromatic N) is 1. The summed E-state index contributed by atoms with van der Waals surface area (Å²) in [7, 11) is 0. The van der Waals surface area contributed by atoms with Crippen LogP contribution in [0.25, 0.3) is 0 Å². The van der Waals surface area contributed by atoms with Crippen LogP contribution in [0.2, 0.25) is 0 Å². The summed E-state index contributed by atoms with van der Waals surface area (Å²) in [6.45, 7) is 8.50. The van der Waals surface area contributed by atoms with Crippen LogP contribution in [0.15, 0.2) is 0 Å². The Morgan fingerprint density at radius 3 is 2.36 bits per heavy atom.